The molecule has 5 aliphatic rings. The van der Waals surface area contributed by atoms with Crippen molar-refractivity contribution in [1.29, 1.82) is 0 Å². The fourth-order valence-corrected chi connectivity index (χ4v) is 10.1. The van der Waals surface area contributed by atoms with Crippen molar-refractivity contribution in [2.75, 3.05) is 43.4 Å². The third kappa shape index (κ3) is 5.30. The van der Waals surface area contributed by atoms with E-state index in [4.69, 9.17) is 15.5 Å². The Hall–Kier alpha value is -3.41. The van der Waals surface area contributed by atoms with Gasteiger partial charge in [-0.3, -0.25) is 4.90 Å². The molecule has 7 rings (SSSR count). The van der Waals surface area contributed by atoms with Crippen LogP contribution in [0.2, 0.25) is 0 Å². The highest BCUT2D eigenvalue weighted by atomic mass is 32.2. The number of sulfone groups is 1. The van der Waals surface area contributed by atoms with Crippen molar-refractivity contribution in [2.24, 2.45) is 0 Å². The van der Waals surface area contributed by atoms with Crippen molar-refractivity contribution < 1.29 is 30.7 Å². The van der Waals surface area contributed by atoms with Crippen molar-refractivity contribution in [1.82, 2.24) is 20.2 Å². The average Bonchev–Trinajstić information content (AvgIpc) is 3.62. The first kappa shape index (κ1) is 31.2. The maximum absolute atomic E-state index is 15.7. The summed E-state index contributed by atoms with van der Waals surface area (Å²) in [5.41, 5.74) is 3.59. The molecule has 46 heavy (non-hydrogen) atoms. The van der Waals surface area contributed by atoms with Crippen molar-refractivity contribution in [3.63, 3.8) is 0 Å². The molecule has 246 valence electrons. The van der Waals surface area contributed by atoms with Gasteiger partial charge in [-0.05, 0) is 51.6 Å². The number of alkyl halides is 3. The molecule has 0 radical (unpaired) electrons. The fourth-order valence-electron chi connectivity index (χ4n) is 8.18. The van der Waals surface area contributed by atoms with Gasteiger partial charge in [0.25, 0.3) is 0 Å². The Morgan fingerprint density at radius 3 is 2.67 bits per heavy atom. The molecule has 14 heteroatoms. The second kappa shape index (κ2) is 11.1. The molecule has 4 atom stereocenters. The zero-order valence-corrected chi connectivity index (χ0v) is 26.3. The number of fused-ring (bicyclic) bond motifs is 4. The molecule has 0 amide bonds. The molecule has 0 aliphatic carbocycles. The van der Waals surface area contributed by atoms with E-state index in [1.54, 1.807) is 0 Å². The maximum Gasteiger partial charge on any atom is 0.418 e. The highest BCUT2D eigenvalue weighted by Crippen LogP contribution is 2.47. The van der Waals surface area contributed by atoms with Crippen molar-refractivity contribution in [3.05, 3.63) is 52.0 Å². The van der Waals surface area contributed by atoms with E-state index >= 15 is 4.39 Å². The Labute approximate surface area is 265 Å². The summed E-state index contributed by atoms with van der Waals surface area (Å²) in [5.74, 6) is 3.06. The first-order valence-corrected chi connectivity index (χ1v) is 17.3. The summed E-state index contributed by atoms with van der Waals surface area (Å²) < 4.78 is 93.5. The molecule has 2 unspecified atom stereocenters. The summed E-state index contributed by atoms with van der Waals surface area (Å²) in [4.78, 5) is 13.7. The number of ether oxygens (including phenoxy) is 1. The van der Waals surface area contributed by atoms with Gasteiger partial charge in [0.1, 0.15) is 12.4 Å². The highest BCUT2D eigenvalue weighted by Gasteiger charge is 2.48. The van der Waals surface area contributed by atoms with Crippen LogP contribution in [0.25, 0.3) is 0 Å². The van der Waals surface area contributed by atoms with Gasteiger partial charge in [-0.2, -0.15) is 23.1 Å². The van der Waals surface area contributed by atoms with Crippen molar-refractivity contribution >= 4 is 21.3 Å². The summed E-state index contributed by atoms with van der Waals surface area (Å²) >= 11 is 0. The highest BCUT2D eigenvalue weighted by molar-refractivity contribution is 7.91. The predicted octanol–water partition coefficient (Wildman–Crippen LogP) is 3.91. The number of nitrogens with zero attached hydrogens (tertiary/aromatic N) is 4. The average molecular weight is 661 g/mol. The summed E-state index contributed by atoms with van der Waals surface area (Å²) in [7, 11) is -4.40. The molecule has 2 aromatic rings. The maximum atomic E-state index is 15.7. The molecular weight excluding hydrogens is 624 g/mol. The second-order valence-corrected chi connectivity index (χ2v) is 15.4. The van der Waals surface area contributed by atoms with E-state index < -0.39 is 61.6 Å². The van der Waals surface area contributed by atoms with Crippen LogP contribution in [-0.4, -0.2) is 73.7 Å². The number of halogens is 4. The van der Waals surface area contributed by atoms with E-state index in [1.807, 2.05) is 4.90 Å². The summed E-state index contributed by atoms with van der Waals surface area (Å²) in [6.45, 7) is 8.69. The molecule has 4 fully saturated rings. The Morgan fingerprint density at radius 1 is 1.24 bits per heavy atom. The Kier molecular flexibility index (Phi) is 7.53. The van der Waals surface area contributed by atoms with E-state index in [0.717, 1.165) is 56.8 Å². The summed E-state index contributed by atoms with van der Waals surface area (Å²) in [5, 5.41) is 1.65. The van der Waals surface area contributed by atoms with Gasteiger partial charge >= 0.3 is 12.2 Å². The third-order valence-corrected chi connectivity index (χ3v) is 12.1. The molecule has 1 aromatic heterocycles. The number of piperazine rings is 1. The number of aromatic nitrogens is 2. The van der Waals surface area contributed by atoms with Gasteiger partial charge in [-0.15, -0.1) is 5.92 Å². The van der Waals surface area contributed by atoms with Crippen molar-refractivity contribution in [3.8, 4) is 17.9 Å². The van der Waals surface area contributed by atoms with Gasteiger partial charge in [-0.1, -0.05) is 18.1 Å². The lowest BCUT2D eigenvalue weighted by molar-refractivity contribution is -0.138. The topological polar surface area (TPSA) is 114 Å². The fraction of sp³-hybridized carbons (Fsp3) is 0.562. The quantitative estimate of drug-likeness (QED) is 0.213. The number of anilines is 2. The molecule has 0 spiro atoms. The van der Waals surface area contributed by atoms with Gasteiger partial charge in [0.05, 0.1) is 33.5 Å². The lowest BCUT2D eigenvalue weighted by atomic mass is 9.93. The standard InChI is InChI=1S/C32H36F4N6O3S/c1-3-5-19-10-23(37)28(33)26(27(19)32(34,35)36)25-11-24-22(16-46(25,43)44)29(41-14-20-6-7-21(15-41)38-20)40-30(39-24)45-17-31-8-4-9-42(31)13-18(2)12-31/h10,20-21,25,38H,2,4,6-9,11-17,37H2,1H3/t20?,21?,25-,31-/m0/s1. The zero-order valence-electron chi connectivity index (χ0n) is 25.5. The SMILES string of the molecule is C=C1CN2CCC[C@@]2(COc2nc3c(c(N4CC5CCC(C4)N5)n2)CS(=O)(=O)[C@H](c2c(F)c(N)cc(C#CC)c2C(F)(F)F)C3)C1. The minimum absolute atomic E-state index is 0.0260. The number of benzene rings is 1. The zero-order chi connectivity index (χ0) is 32.6. The molecule has 3 N–H and O–H groups in total. The van der Waals surface area contributed by atoms with Crippen molar-refractivity contribution in [2.45, 2.75) is 80.3 Å². The summed E-state index contributed by atoms with van der Waals surface area (Å²) in [6, 6.07) is 1.23. The predicted molar refractivity (Wildman–Crippen MR) is 164 cm³/mol. The monoisotopic (exact) mass is 660 g/mol. The van der Waals surface area contributed by atoms with Gasteiger partial charge in [0.2, 0.25) is 0 Å². The first-order chi connectivity index (χ1) is 21.8. The smallest absolute Gasteiger partial charge is 0.418 e. The lowest BCUT2D eigenvalue weighted by Crippen LogP contribution is -2.52. The molecule has 2 bridgehead atoms. The van der Waals surface area contributed by atoms with Gasteiger partial charge in [0.15, 0.2) is 15.7 Å². The molecular formula is C32H36F4N6O3S. The minimum atomic E-state index is -5.10. The van der Waals surface area contributed by atoms with Crippen LogP contribution >= 0.6 is 0 Å². The van der Waals surface area contributed by atoms with Crippen LogP contribution in [-0.2, 0) is 28.2 Å². The van der Waals surface area contributed by atoms with Crippen LogP contribution < -0.4 is 20.7 Å². The molecule has 0 saturated carbocycles. The van der Waals surface area contributed by atoms with E-state index in [2.05, 4.69) is 33.6 Å². The van der Waals surface area contributed by atoms with Crippen LogP contribution in [0, 0.1) is 17.7 Å². The van der Waals surface area contributed by atoms with E-state index in [9.17, 15) is 21.6 Å². The molecule has 5 aliphatic heterocycles. The Morgan fingerprint density at radius 2 is 1.98 bits per heavy atom. The normalized spacial score (nSPS) is 28.5. The number of nitrogen functional groups attached to an aromatic ring is 1. The molecule has 4 saturated heterocycles. The van der Waals surface area contributed by atoms with Gasteiger partial charge in [-0.25, -0.2) is 12.8 Å². The van der Waals surface area contributed by atoms with Crippen LogP contribution in [0.3, 0.4) is 0 Å². The summed E-state index contributed by atoms with van der Waals surface area (Å²) in [6.07, 6.45) is -0.932. The third-order valence-electron chi connectivity index (χ3n) is 10.1. The lowest BCUT2D eigenvalue weighted by Gasteiger charge is -2.37. The molecule has 9 nitrogen and oxygen atoms in total. The number of rotatable bonds is 5. The Balaban J connectivity index is 1.33. The molecule has 1 aromatic carbocycles. The first-order valence-electron chi connectivity index (χ1n) is 15.6. The van der Waals surface area contributed by atoms with E-state index in [1.165, 1.54) is 6.92 Å². The van der Waals surface area contributed by atoms with Crippen LogP contribution in [0.4, 0.5) is 29.1 Å². The number of nitrogens with one attached hydrogen (secondary N) is 1. The van der Waals surface area contributed by atoms with Gasteiger partial charge in [0, 0.05) is 54.8 Å². The van der Waals surface area contributed by atoms with E-state index in [0.29, 0.717) is 31.1 Å². The Bertz CT molecular complexity index is 1780. The van der Waals surface area contributed by atoms with Crippen LogP contribution in [0.15, 0.2) is 18.2 Å². The number of nitrogens with two attached hydrogens (primary N) is 1. The van der Waals surface area contributed by atoms with E-state index in [-0.39, 0.29) is 29.3 Å². The molecule has 6 heterocycles. The minimum Gasteiger partial charge on any atom is -0.461 e. The largest absolute Gasteiger partial charge is 0.461 e. The number of hydrogen-bond acceptors (Lipinski definition) is 9. The van der Waals surface area contributed by atoms with Crippen LogP contribution in [0.5, 0.6) is 6.01 Å². The second-order valence-electron chi connectivity index (χ2n) is 13.3. The van der Waals surface area contributed by atoms with Gasteiger partial charge < -0.3 is 20.7 Å². The number of hydrogen-bond donors (Lipinski definition) is 2. The van der Waals surface area contributed by atoms with Crippen LogP contribution in [0.1, 0.15) is 72.2 Å².